The first-order valence-corrected chi connectivity index (χ1v) is 7.72. The minimum atomic E-state index is -1.59. The van der Waals surface area contributed by atoms with E-state index in [1.807, 2.05) is 0 Å². The van der Waals surface area contributed by atoms with Crippen LogP contribution in [0, 0.1) is 17.5 Å². The molecule has 0 saturated heterocycles. The minimum absolute atomic E-state index is 0.281. The van der Waals surface area contributed by atoms with Gasteiger partial charge >= 0.3 is 0 Å². The Kier molecular flexibility index (Phi) is 6.34. The van der Waals surface area contributed by atoms with E-state index in [0.29, 0.717) is 23.0 Å². The van der Waals surface area contributed by atoms with E-state index in [2.05, 4.69) is 10.6 Å². The van der Waals surface area contributed by atoms with Gasteiger partial charge in [0.05, 0.1) is 12.2 Å². The number of halogens is 5. The molecule has 0 aromatic heterocycles. The monoisotopic (exact) mass is 376 g/mol. The molecule has 0 atom stereocenters. The molecule has 2 N–H and O–H groups in total. The summed E-state index contributed by atoms with van der Waals surface area (Å²) in [7, 11) is 0. The summed E-state index contributed by atoms with van der Waals surface area (Å²) in [6.45, 7) is 0.0263. The Morgan fingerprint density at radius 3 is 2.50 bits per heavy atom. The molecule has 1 amide bonds. The zero-order valence-electron chi connectivity index (χ0n) is 12.3. The van der Waals surface area contributed by atoms with Crippen LogP contribution in [-0.4, -0.2) is 19.0 Å². The molecule has 0 aliphatic heterocycles. The van der Waals surface area contributed by atoms with Gasteiger partial charge in [-0.05, 0) is 36.2 Å². The molecule has 0 aliphatic carbocycles. The summed E-state index contributed by atoms with van der Waals surface area (Å²) in [5.74, 6) is -4.67. The zero-order valence-corrected chi connectivity index (χ0v) is 13.8. The standard InChI is InChI=1S/C16H13Cl2F3N2O/c17-10-2-1-9(11(18)7-10)5-6-22-14(24)8-23-13-4-3-12(19)15(20)16(13)21/h1-4,7,23H,5-6,8H2,(H,22,24). The van der Waals surface area contributed by atoms with Gasteiger partial charge in [-0.25, -0.2) is 13.2 Å². The van der Waals surface area contributed by atoms with Crippen molar-refractivity contribution in [1.82, 2.24) is 5.32 Å². The third-order valence-electron chi connectivity index (χ3n) is 3.21. The van der Waals surface area contributed by atoms with E-state index >= 15 is 0 Å². The highest BCUT2D eigenvalue weighted by molar-refractivity contribution is 6.35. The van der Waals surface area contributed by atoms with Crippen LogP contribution in [0.15, 0.2) is 30.3 Å². The fourth-order valence-electron chi connectivity index (χ4n) is 1.96. The molecule has 2 aromatic carbocycles. The zero-order chi connectivity index (χ0) is 17.7. The van der Waals surface area contributed by atoms with Crippen molar-refractivity contribution in [2.75, 3.05) is 18.4 Å². The molecule has 0 saturated carbocycles. The van der Waals surface area contributed by atoms with Gasteiger partial charge < -0.3 is 10.6 Å². The fourth-order valence-corrected chi connectivity index (χ4v) is 2.46. The predicted molar refractivity (Wildman–Crippen MR) is 88.0 cm³/mol. The highest BCUT2D eigenvalue weighted by Crippen LogP contribution is 2.21. The maximum Gasteiger partial charge on any atom is 0.239 e. The lowest BCUT2D eigenvalue weighted by atomic mass is 10.1. The van der Waals surface area contributed by atoms with Gasteiger partial charge in [-0.3, -0.25) is 4.79 Å². The first-order chi connectivity index (χ1) is 11.4. The van der Waals surface area contributed by atoms with E-state index in [1.165, 1.54) is 0 Å². The number of anilines is 1. The molecule has 0 radical (unpaired) electrons. The third kappa shape index (κ3) is 4.79. The van der Waals surface area contributed by atoms with Crippen LogP contribution in [0.1, 0.15) is 5.56 Å². The number of nitrogens with one attached hydrogen (secondary N) is 2. The van der Waals surface area contributed by atoms with E-state index in [0.717, 1.165) is 17.7 Å². The van der Waals surface area contributed by atoms with Gasteiger partial charge in [-0.1, -0.05) is 29.3 Å². The van der Waals surface area contributed by atoms with Crippen LogP contribution >= 0.6 is 23.2 Å². The molecule has 0 fully saturated rings. The Bertz CT molecular complexity index is 756. The summed E-state index contributed by atoms with van der Waals surface area (Å²) in [6, 6.07) is 6.85. The third-order valence-corrected chi connectivity index (χ3v) is 3.79. The summed E-state index contributed by atoms with van der Waals surface area (Å²) in [5.41, 5.74) is 0.533. The lowest BCUT2D eigenvalue weighted by molar-refractivity contribution is -0.119. The van der Waals surface area contributed by atoms with Crippen molar-refractivity contribution in [3.8, 4) is 0 Å². The number of carbonyl (C=O) groups excluding carboxylic acids is 1. The number of carbonyl (C=O) groups is 1. The van der Waals surface area contributed by atoms with Crippen LogP contribution in [0.2, 0.25) is 10.0 Å². The van der Waals surface area contributed by atoms with E-state index in [1.54, 1.807) is 18.2 Å². The Morgan fingerprint density at radius 1 is 1.04 bits per heavy atom. The summed E-state index contributed by atoms with van der Waals surface area (Å²) in [5, 5.41) is 6.03. The van der Waals surface area contributed by atoms with Gasteiger partial charge in [0.15, 0.2) is 17.5 Å². The van der Waals surface area contributed by atoms with Gasteiger partial charge in [0, 0.05) is 16.6 Å². The minimum Gasteiger partial charge on any atom is -0.374 e. The fraction of sp³-hybridized carbons (Fsp3) is 0.188. The second-order valence-corrected chi connectivity index (χ2v) is 5.76. The predicted octanol–water partition coefficient (Wildman–Crippen LogP) is 4.18. The smallest absolute Gasteiger partial charge is 0.239 e. The molecular formula is C16H13Cl2F3N2O. The van der Waals surface area contributed by atoms with Crippen molar-refractivity contribution in [1.29, 1.82) is 0 Å². The number of rotatable bonds is 6. The Balaban J connectivity index is 1.81. The molecule has 128 valence electrons. The molecule has 0 unspecified atom stereocenters. The normalized spacial score (nSPS) is 10.5. The second-order valence-electron chi connectivity index (χ2n) is 4.91. The average Bonchev–Trinajstić information content (AvgIpc) is 2.54. The molecule has 2 aromatic rings. The SMILES string of the molecule is O=C(CNc1ccc(F)c(F)c1F)NCCc1ccc(Cl)cc1Cl. The lowest BCUT2D eigenvalue weighted by Gasteiger charge is -2.10. The molecule has 2 rings (SSSR count). The van der Waals surface area contributed by atoms with E-state index < -0.39 is 23.4 Å². The first-order valence-electron chi connectivity index (χ1n) is 6.96. The second kappa shape index (κ2) is 8.26. The summed E-state index contributed by atoms with van der Waals surface area (Å²) < 4.78 is 39.3. The van der Waals surface area contributed by atoms with Crippen LogP contribution in [0.4, 0.5) is 18.9 Å². The molecule has 0 heterocycles. The van der Waals surface area contributed by atoms with Gasteiger partial charge in [-0.15, -0.1) is 0 Å². The van der Waals surface area contributed by atoms with Crippen molar-refractivity contribution in [2.45, 2.75) is 6.42 Å². The highest BCUT2D eigenvalue weighted by Gasteiger charge is 2.13. The maximum absolute atomic E-state index is 13.4. The number of hydrogen-bond donors (Lipinski definition) is 2. The van der Waals surface area contributed by atoms with Crippen molar-refractivity contribution in [3.05, 3.63) is 63.4 Å². The van der Waals surface area contributed by atoms with Gasteiger partial charge in [0.25, 0.3) is 0 Å². The molecule has 3 nitrogen and oxygen atoms in total. The van der Waals surface area contributed by atoms with Crippen LogP contribution in [0.3, 0.4) is 0 Å². The number of amides is 1. The lowest BCUT2D eigenvalue weighted by Crippen LogP contribution is -2.31. The van der Waals surface area contributed by atoms with E-state index in [4.69, 9.17) is 23.2 Å². The molecular weight excluding hydrogens is 364 g/mol. The summed E-state index contributed by atoms with van der Waals surface area (Å²) in [6.07, 6.45) is 0.487. The van der Waals surface area contributed by atoms with Crippen molar-refractivity contribution < 1.29 is 18.0 Å². The summed E-state index contributed by atoms with van der Waals surface area (Å²) in [4.78, 5) is 11.7. The topological polar surface area (TPSA) is 41.1 Å². The van der Waals surface area contributed by atoms with Crippen LogP contribution < -0.4 is 10.6 Å². The largest absolute Gasteiger partial charge is 0.374 e. The highest BCUT2D eigenvalue weighted by atomic mass is 35.5. The van der Waals surface area contributed by atoms with Crippen LogP contribution in [0.25, 0.3) is 0 Å². The molecule has 0 spiro atoms. The number of benzene rings is 2. The van der Waals surface area contributed by atoms with Crippen LogP contribution in [0.5, 0.6) is 0 Å². The number of hydrogen-bond acceptors (Lipinski definition) is 2. The van der Waals surface area contributed by atoms with Crippen molar-refractivity contribution in [2.24, 2.45) is 0 Å². The van der Waals surface area contributed by atoms with Crippen LogP contribution in [-0.2, 0) is 11.2 Å². The molecule has 8 heteroatoms. The van der Waals surface area contributed by atoms with E-state index in [9.17, 15) is 18.0 Å². The van der Waals surface area contributed by atoms with Gasteiger partial charge in [0.1, 0.15) is 0 Å². The Labute approximate surface area is 146 Å². The molecule has 24 heavy (non-hydrogen) atoms. The Morgan fingerprint density at radius 2 is 1.79 bits per heavy atom. The van der Waals surface area contributed by atoms with E-state index in [-0.39, 0.29) is 12.2 Å². The maximum atomic E-state index is 13.4. The molecule has 0 aliphatic rings. The molecule has 0 bridgehead atoms. The van der Waals surface area contributed by atoms with Gasteiger partial charge in [-0.2, -0.15) is 0 Å². The van der Waals surface area contributed by atoms with Crippen molar-refractivity contribution in [3.63, 3.8) is 0 Å². The van der Waals surface area contributed by atoms with Gasteiger partial charge in [0.2, 0.25) is 5.91 Å². The Hall–Kier alpha value is -1.92. The first kappa shape index (κ1) is 18.4. The average molecular weight is 377 g/mol. The summed E-state index contributed by atoms with van der Waals surface area (Å²) >= 11 is 11.8. The van der Waals surface area contributed by atoms with Crippen molar-refractivity contribution >= 4 is 34.8 Å². The quantitative estimate of drug-likeness (QED) is 0.742.